The molecule has 2 aromatic rings. The average molecular weight is 217 g/mol. The minimum absolute atomic E-state index is 0.297. The Morgan fingerprint density at radius 1 is 1.38 bits per heavy atom. The highest BCUT2D eigenvalue weighted by atomic mass is 15.2. The third-order valence-electron chi connectivity index (χ3n) is 2.30. The van der Waals surface area contributed by atoms with Crippen LogP contribution < -0.4 is 5.73 Å². The van der Waals surface area contributed by atoms with Gasteiger partial charge in [0.2, 0.25) is 5.95 Å². The standard InChI is InChI=1S/C11H15N5/c1-3-4-9-13-5-6-16(9)10-7-8(2)14-11(12)15-10/h5-7H,3-4H2,1-2H3,(H2,12,14,15). The molecule has 0 atom stereocenters. The fourth-order valence-electron chi connectivity index (χ4n) is 1.65. The lowest BCUT2D eigenvalue weighted by molar-refractivity contribution is 0.796. The lowest BCUT2D eigenvalue weighted by Crippen LogP contribution is -2.06. The van der Waals surface area contributed by atoms with Crippen LogP contribution in [0.25, 0.3) is 5.82 Å². The molecule has 0 aliphatic heterocycles. The monoisotopic (exact) mass is 217 g/mol. The van der Waals surface area contributed by atoms with E-state index in [9.17, 15) is 0 Å². The minimum Gasteiger partial charge on any atom is -0.368 e. The van der Waals surface area contributed by atoms with Gasteiger partial charge in [-0.3, -0.25) is 4.57 Å². The maximum absolute atomic E-state index is 5.63. The van der Waals surface area contributed by atoms with E-state index in [1.165, 1.54) is 0 Å². The van der Waals surface area contributed by atoms with Crippen molar-refractivity contribution in [2.45, 2.75) is 26.7 Å². The van der Waals surface area contributed by atoms with Crippen LogP contribution in [0.5, 0.6) is 0 Å². The van der Waals surface area contributed by atoms with Crippen molar-refractivity contribution in [3.8, 4) is 5.82 Å². The smallest absolute Gasteiger partial charge is 0.222 e. The maximum Gasteiger partial charge on any atom is 0.222 e. The number of hydrogen-bond acceptors (Lipinski definition) is 4. The molecule has 16 heavy (non-hydrogen) atoms. The Morgan fingerprint density at radius 2 is 2.19 bits per heavy atom. The van der Waals surface area contributed by atoms with Crippen molar-refractivity contribution >= 4 is 5.95 Å². The maximum atomic E-state index is 5.63. The molecule has 5 heteroatoms. The second kappa shape index (κ2) is 4.30. The van der Waals surface area contributed by atoms with Crippen LogP contribution in [0.3, 0.4) is 0 Å². The number of nitrogens with two attached hydrogens (primary N) is 1. The summed E-state index contributed by atoms with van der Waals surface area (Å²) in [7, 11) is 0. The van der Waals surface area contributed by atoms with E-state index in [1.54, 1.807) is 6.20 Å². The number of aromatic nitrogens is 4. The van der Waals surface area contributed by atoms with Crippen LogP contribution in [0.2, 0.25) is 0 Å². The molecule has 2 aromatic heterocycles. The van der Waals surface area contributed by atoms with E-state index in [4.69, 9.17) is 5.73 Å². The summed E-state index contributed by atoms with van der Waals surface area (Å²) >= 11 is 0. The number of imidazole rings is 1. The fourth-order valence-corrected chi connectivity index (χ4v) is 1.65. The van der Waals surface area contributed by atoms with Gasteiger partial charge in [-0.2, -0.15) is 4.98 Å². The zero-order valence-corrected chi connectivity index (χ0v) is 9.51. The second-order valence-electron chi connectivity index (χ2n) is 3.69. The molecule has 0 saturated heterocycles. The largest absolute Gasteiger partial charge is 0.368 e. The zero-order chi connectivity index (χ0) is 11.5. The first-order valence-electron chi connectivity index (χ1n) is 5.34. The van der Waals surface area contributed by atoms with Crippen LogP contribution >= 0.6 is 0 Å². The SMILES string of the molecule is CCCc1nccn1-c1cc(C)nc(N)n1. The molecule has 0 fully saturated rings. The van der Waals surface area contributed by atoms with Gasteiger partial charge in [0.1, 0.15) is 11.6 Å². The van der Waals surface area contributed by atoms with Gasteiger partial charge in [-0.25, -0.2) is 9.97 Å². The zero-order valence-electron chi connectivity index (χ0n) is 9.51. The molecule has 0 aromatic carbocycles. The third kappa shape index (κ3) is 2.03. The summed E-state index contributed by atoms with van der Waals surface area (Å²) in [5, 5.41) is 0. The molecule has 2 heterocycles. The van der Waals surface area contributed by atoms with Gasteiger partial charge in [-0.15, -0.1) is 0 Å². The quantitative estimate of drug-likeness (QED) is 0.846. The summed E-state index contributed by atoms with van der Waals surface area (Å²) in [5.41, 5.74) is 6.49. The molecule has 5 nitrogen and oxygen atoms in total. The Kier molecular flexibility index (Phi) is 2.85. The van der Waals surface area contributed by atoms with Gasteiger partial charge in [0.05, 0.1) is 0 Å². The van der Waals surface area contributed by atoms with Crippen molar-refractivity contribution in [1.82, 2.24) is 19.5 Å². The molecule has 84 valence electrons. The molecule has 0 aliphatic rings. The molecule has 0 radical (unpaired) electrons. The number of rotatable bonds is 3. The predicted molar refractivity (Wildman–Crippen MR) is 62.3 cm³/mol. The van der Waals surface area contributed by atoms with Gasteiger partial charge in [0, 0.05) is 30.6 Å². The topological polar surface area (TPSA) is 69.6 Å². The summed E-state index contributed by atoms with van der Waals surface area (Å²) < 4.78 is 1.95. The first-order valence-corrected chi connectivity index (χ1v) is 5.34. The van der Waals surface area contributed by atoms with Gasteiger partial charge in [0.15, 0.2) is 0 Å². The molecule has 0 bridgehead atoms. The molecule has 0 aliphatic carbocycles. The Balaban J connectivity index is 2.45. The van der Waals surface area contributed by atoms with E-state index in [1.807, 2.05) is 23.8 Å². The number of nitrogens with zero attached hydrogens (tertiary/aromatic N) is 4. The summed E-state index contributed by atoms with van der Waals surface area (Å²) in [6.45, 7) is 4.02. The molecule has 0 saturated carbocycles. The average Bonchev–Trinajstić information content (AvgIpc) is 2.65. The van der Waals surface area contributed by atoms with Gasteiger partial charge >= 0.3 is 0 Å². The van der Waals surface area contributed by atoms with Gasteiger partial charge in [-0.1, -0.05) is 6.92 Å². The van der Waals surface area contributed by atoms with E-state index < -0.39 is 0 Å². The van der Waals surface area contributed by atoms with Crippen molar-refractivity contribution in [3.05, 3.63) is 30.0 Å². The van der Waals surface area contributed by atoms with Crippen LogP contribution in [0, 0.1) is 6.92 Å². The molecule has 0 unspecified atom stereocenters. The summed E-state index contributed by atoms with van der Waals surface area (Å²) in [6, 6.07) is 1.90. The van der Waals surface area contributed by atoms with Crippen molar-refractivity contribution in [2.24, 2.45) is 0 Å². The van der Waals surface area contributed by atoms with E-state index in [-0.39, 0.29) is 0 Å². The van der Waals surface area contributed by atoms with Crippen LogP contribution in [0.15, 0.2) is 18.5 Å². The molecule has 2 rings (SSSR count). The van der Waals surface area contributed by atoms with Gasteiger partial charge in [-0.05, 0) is 13.3 Å². The van der Waals surface area contributed by atoms with Crippen LogP contribution in [-0.4, -0.2) is 19.5 Å². The normalized spacial score (nSPS) is 10.6. The predicted octanol–water partition coefficient (Wildman–Crippen LogP) is 1.51. The fraction of sp³-hybridized carbons (Fsp3) is 0.364. The van der Waals surface area contributed by atoms with E-state index >= 15 is 0 Å². The van der Waals surface area contributed by atoms with E-state index in [2.05, 4.69) is 21.9 Å². The second-order valence-corrected chi connectivity index (χ2v) is 3.69. The molecular formula is C11H15N5. The van der Waals surface area contributed by atoms with Gasteiger partial charge < -0.3 is 5.73 Å². The minimum atomic E-state index is 0.297. The Morgan fingerprint density at radius 3 is 2.88 bits per heavy atom. The highest BCUT2D eigenvalue weighted by molar-refractivity contribution is 5.32. The van der Waals surface area contributed by atoms with Crippen LogP contribution in [0.1, 0.15) is 24.9 Å². The molecule has 0 amide bonds. The number of anilines is 1. The lowest BCUT2D eigenvalue weighted by atomic mass is 10.3. The summed E-state index contributed by atoms with van der Waals surface area (Å²) in [6.07, 6.45) is 5.65. The molecule has 2 N–H and O–H groups in total. The molecule has 0 spiro atoms. The third-order valence-corrected chi connectivity index (χ3v) is 2.30. The Labute approximate surface area is 94.4 Å². The van der Waals surface area contributed by atoms with Crippen LogP contribution in [0.4, 0.5) is 5.95 Å². The Hall–Kier alpha value is -1.91. The lowest BCUT2D eigenvalue weighted by Gasteiger charge is -2.07. The van der Waals surface area contributed by atoms with E-state index in [0.717, 1.165) is 30.2 Å². The number of hydrogen-bond donors (Lipinski definition) is 1. The van der Waals surface area contributed by atoms with E-state index in [0.29, 0.717) is 5.95 Å². The van der Waals surface area contributed by atoms with Crippen molar-refractivity contribution < 1.29 is 0 Å². The van der Waals surface area contributed by atoms with Crippen molar-refractivity contribution in [2.75, 3.05) is 5.73 Å². The first-order chi connectivity index (χ1) is 7.70. The van der Waals surface area contributed by atoms with Gasteiger partial charge in [0.25, 0.3) is 0 Å². The van der Waals surface area contributed by atoms with Crippen molar-refractivity contribution in [1.29, 1.82) is 0 Å². The van der Waals surface area contributed by atoms with Crippen molar-refractivity contribution in [3.63, 3.8) is 0 Å². The summed E-state index contributed by atoms with van der Waals surface area (Å²) in [5.74, 6) is 2.08. The first kappa shape index (κ1) is 10.6. The number of nitrogen functional groups attached to an aromatic ring is 1. The molecular weight excluding hydrogens is 202 g/mol. The Bertz CT molecular complexity index is 469. The highest BCUT2D eigenvalue weighted by Crippen LogP contribution is 2.11. The summed E-state index contributed by atoms with van der Waals surface area (Å²) in [4.78, 5) is 12.6. The number of aryl methyl sites for hydroxylation is 2. The highest BCUT2D eigenvalue weighted by Gasteiger charge is 2.06. The van der Waals surface area contributed by atoms with Crippen LogP contribution in [-0.2, 0) is 6.42 Å².